The molecule has 12 heavy (non-hydrogen) atoms. The van der Waals surface area contributed by atoms with Gasteiger partial charge in [-0.05, 0) is 16.3 Å². The number of rotatable bonds is 3. The highest BCUT2D eigenvalue weighted by Gasteiger charge is 2.00. The Morgan fingerprint density at radius 3 is 2.50 bits per heavy atom. The van der Waals surface area contributed by atoms with E-state index >= 15 is 0 Å². The van der Waals surface area contributed by atoms with Crippen LogP contribution in [0.3, 0.4) is 0 Å². The summed E-state index contributed by atoms with van der Waals surface area (Å²) in [4.78, 5) is 0. The van der Waals surface area contributed by atoms with Crippen LogP contribution in [0.2, 0.25) is 0 Å². The standard InChI is InChI=1S/C10H11ClSi/c1-3-8-6-5-7-10(12-11)9(8)4-2/h3-7H,1-2,12H2. The van der Waals surface area contributed by atoms with Crippen LogP contribution in [0.25, 0.3) is 12.2 Å². The van der Waals surface area contributed by atoms with Gasteiger partial charge in [-0.2, -0.15) is 11.1 Å². The van der Waals surface area contributed by atoms with Crippen molar-refractivity contribution in [3.63, 3.8) is 0 Å². The summed E-state index contributed by atoms with van der Waals surface area (Å²) in [5, 5.41) is 1.24. The largest absolute Gasteiger partial charge is 0.170 e. The van der Waals surface area contributed by atoms with Crippen LogP contribution in [0.4, 0.5) is 0 Å². The molecule has 2 heteroatoms. The molecule has 0 aliphatic rings. The van der Waals surface area contributed by atoms with Gasteiger partial charge in [0.2, 0.25) is 0 Å². The first-order chi connectivity index (χ1) is 5.83. The average Bonchev–Trinajstić information content (AvgIpc) is 2.16. The van der Waals surface area contributed by atoms with Crippen molar-refractivity contribution in [2.75, 3.05) is 0 Å². The van der Waals surface area contributed by atoms with Crippen LogP contribution in [0.5, 0.6) is 0 Å². The third kappa shape index (κ3) is 1.68. The lowest BCUT2D eigenvalue weighted by Crippen LogP contribution is -2.13. The van der Waals surface area contributed by atoms with Gasteiger partial charge in [-0.25, -0.2) is 0 Å². The molecular formula is C10H11ClSi. The van der Waals surface area contributed by atoms with Gasteiger partial charge in [0.15, 0.2) is 8.83 Å². The third-order valence-corrected chi connectivity index (χ3v) is 3.57. The highest BCUT2D eigenvalue weighted by atomic mass is 35.6. The van der Waals surface area contributed by atoms with E-state index in [4.69, 9.17) is 11.1 Å². The number of hydrogen-bond donors (Lipinski definition) is 0. The Labute approximate surface area is 80.1 Å². The normalized spacial score (nSPS) is 10.4. The number of hydrogen-bond acceptors (Lipinski definition) is 0. The Morgan fingerprint density at radius 1 is 1.25 bits per heavy atom. The molecule has 0 bridgehead atoms. The maximum atomic E-state index is 5.90. The van der Waals surface area contributed by atoms with Gasteiger partial charge >= 0.3 is 0 Å². The summed E-state index contributed by atoms with van der Waals surface area (Å²) >= 11 is 5.90. The van der Waals surface area contributed by atoms with Crippen molar-refractivity contribution in [3.05, 3.63) is 42.5 Å². The Hall–Kier alpha value is -0.793. The van der Waals surface area contributed by atoms with Gasteiger partial charge in [-0.15, -0.1) is 0 Å². The summed E-state index contributed by atoms with van der Waals surface area (Å²) in [5.41, 5.74) is 2.27. The predicted molar refractivity (Wildman–Crippen MR) is 60.7 cm³/mol. The smallest absolute Gasteiger partial charge is 0.156 e. The maximum absolute atomic E-state index is 5.90. The van der Waals surface area contributed by atoms with Crippen molar-refractivity contribution >= 4 is 37.2 Å². The van der Waals surface area contributed by atoms with Crippen LogP contribution in [-0.4, -0.2) is 8.83 Å². The van der Waals surface area contributed by atoms with Crippen LogP contribution in [0, 0.1) is 0 Å². The highest BCUT2D eigenvalue weighted by Crippen LogP contribution is 2.09. The molecule has 0 fully saturated rings. The zero-order valence-electron chi connectivity index (χ0n) is 6.89. The van der Waals surface area contributed by atoms with Crippen LogP contribution in [0.1, 0.15) is 11.1 Å². The molecule has 0 atom stereocenters. The van der Waals surface area contributed by atoms with E-state index in [-0.39, 0.29) is 0 Å². The highest BCUT2D eigenvalue weighted by molar-refractivity contribution is 7.01. The van der Waals surface area contributed by atoms with E-state index in [1.165, 1.54) is 5.19 Å². The van der Waals surface area contributed by atoms with Crippen molar-refractivity contribution in [3.8, 4) is 0 Å². The quantitative estimate of drug-likeness (QED) is 0.510. The zero-order chi connectivity index (χ0) is 8.97. The van der Waals surface area contributed by atoms with Crippen molar-refractivity contribution in [1.29, 1.82) is 0 Å². The van der Waals surface area contributed by atoms with E-state index < -0.39 is 8.83 Å². The fourth-order valence-electron chi connectivity index (χ4n) is 1.18. The fourth-order valence-corrected chi connectivity index (χ4v) is 2.59. The minimum absolute atomic E-state index is 0.626. The predicted octanol–water partition coefficient (Wildman–Crippen LogP) is 1.92. The van der Waals surface area contributed by atoms with Gasteiger partial charge in [0.05, 0.1) is 0 Å². The third-order valence-electron chi connectivity index (χ3n) is 1.80. The topological polar surface area (TPSA) is 0 Å². The Balaban J connectivity index is 3.31. The van der Waals surface area contributed by atoms with E-state index in [2.05, 4.69) is 19.2 Å². The lowest BCUT2D eigenvalue weighted by atomic mass is 10.1. The molecule has 62 valence electrons. The van der Waals surface area contributed by atoms with Gasteiger partial charge in [0, 0.05) is 0 Å². The molecule has 0 spiro atoms. The summed E-state index contributed by atoms with van der Waals surface area (Å²) < 4.78 is 0. The fraction of sp³-hybridized carbons (Fsp3) is 0. The lowest BCUT2D eigenvalue weighted by molar-refractivity contribution is 1.67. The number of halogens is 1. The van der Waals surface area contributed by atoms with E-state index in [1.54, 1.807) is 0 Å². The molecule has 0 saturated carbocycles. The molecule has 1 aromatic carbocycles. The molecule has 0 nitrogen and oxygen atoms in total. The molecule has 0 N–H and O–H groups in total. The van der Waals surface area contributed by atoms with E-state index in [0.29, 0.717) is 0 Å². The molecule has 0 radical (unpaired) electrons. The SMILES string of the molecule is C=Cc1cccc([SiH2]Cl)c1C=C. The summed E-state index contributed by atoms with van der Waals surface area (Å²) in [6.45, 7) is 7.50. The second-order valence-electron chi connectivity index (χ2n) is 2.46. The lowest BCUT2D eigenvalue weighted by Gasteiger charge is -2.05. The number of benzene rings is 1. The molecule has 0 aromatic heterocycles. The molecule has 1 rings (SSSR count). The molecule has 1 aromatic rings. The summed E-state index contributed by atoms with van der Waals surface area (Å²) in [6, 6.07) is 6.09. The molecule has 0 amide bonds. The zero-order valence-corrected chi connectivity index (χ0v) is 9.06. The van der Waals surface area contributed by atoms with Crippen LogP contribution in [0.15, 0.2) is 31.4 Å². The summed E-state index contributed by atoms with van der Waals surface area (Å²) in [6.07, 6.45) is 3.68. The minimum atomic E-state index is -0.626. The van der Waals surface area contributed by atoms with Crippen LogP contribution in [-0.2, 0) is 0 Å². The molecular weight excluding hydrogens is 184 g/mol. The van der Waals surface area contributed by atoms with E-state index in [9.17, 15) is 0 Å². The van der Waals surface area contributed by atoms with E-state index in [0.717, 1.165) is 11.1 Å². The molecule has 0 heterocycles. The summed E-state index contributed by atoms with van der Waals surface area (Å²) in [5.74, 6) is 0. The van der Waals surface area contributed by atoms with Gasteiger partial charge < -0.3 is 0 Å². The molecule has 0 aliphatic heterocycles. The van der Waals surface area contributed by atoms with Gasteiger partial charge in [0.25, 0.3) is 0 Å². The van der Waals surface area contributed by atoms with Gasteiger partial charge in [0.1, 0.15) is 0 Å². The van der Waals surface area contributed by atoms with Crippen molar-refractivity contribution in [2.24, 2.45) is 0 Å². The molecule has 0 saturated heterocycles. The first-order valence-electron chi connectivity index (χ1n) is 3.76. The van der Waals surface area contributed by atoms with Crippen molar-refractivity contribution in [2.45, 2.75) is 0 Å². The molecule has 0 aliphatic carbocycles. The van der Waals surface area contributed by atoms with Crippen molar-refractivity contribution < 1.29 is 0 Å². The second-order valence-corrected chi connectivity index (χ2v) is 4.29. The Bertz CT molecular complexity index is 305. The van der Waals surface area contributed by atoms with Gasteiger partial charge in [-0.3, -0.25) is 0 Å². The van der Waals surface area contributed by atoms with E-state index in [1.807, 2.05) is 24.3 Å². The minimum Gasteiger partial charge on any atom is -0.170 e. The molecule has 0 unspecified atom stereocenters. The first-order valence-corrected chi connectivity index (χ1v) is 6.60. The second kappa shape index (κ2) is 4.29. The first kappa shape index (κ1) is 9.30. The van der Waals surface area contributed by atoms with Crippen LogP contribution < -0.4 is 5.19 Å². The van der Waals surface area contributed by atoms with Crippen molar-refractivity contribution in [1.82, 2.24) is 0 Å². The monoisotopic (exact) mass is 194 g/mol. The average molecular weight is 195 g/mol. The maximum Gasteiger partial charge on any atom is 0.156 e. The van der Waals surface area contributed by atoms with Gasteiger partial charge in [-0.1, -0.05) is 43.5 Å². The Morgan fingerprint density at radius 2 is 2.00 bits per heavy atom. The van der Waals surface area contributed by atoms with Crippen LogP contribution >= 0.6 is 11.1 Å². The Kier molecular flexibility index (Phi) is 3.32. The summed E-state index contributed by atoms with van der Waals surface area (Å²) in [7, 11) is -0.626.